The number of aliphatic hydroxyl groups is 1. The highest BCUT2D eigenvalue weighted by molar-refractivity contribution is 5.86. The van der Waals surface area contributed by atoms with Crippen LogP contribution in [0.5, 0.6) is 5.75 Å². The Labute approximate surface area is 98.5 Å². The number of esters is 1. The van der Waals surface area contributed by atoms with Crippen molar-refractivity contribution in [2.45, 2.75) is 6.92 Å². The maximum absolute atomic E-state index is 11.3. The summed E-state index contributed by atoms with van der Waals surface area (Å²) in [5, 5.41) is 17.4. The number of carbonyl (C=O) groups excluding carboxylic acids is 1. The molecule has 0 atom stereocenters. The Morgan fingerprint density at radius 2 is 2.12 bits per heavy atom. The number of benzene rings is 1. The number of aliphatic hydroxyl groups excluding tert-OH is 1. The first-order valence-corrected chi connectivity index (χ1v) is 4.90. The molecular weight excluding hydrogens is 222 g/mol. The summed E-state index contributed by atoms with van der Waals surface area (Å²) in [4.78, 5) is 11.3. The molecule has 17 heavy (non-hydrogen) atoms. The van der Waals surface area contributed by atoms with Crippen LogP contribution in [0.15, 0.2) is 36.3 Å². The second-order valence-corrected chi connectivity index (χ2v) is 2.95. The second kappa shape index (κ2) is 6.18. The van der Waals surface area contributed by atoms with E-state index in [0.29, 0.717) is 17.6 Å². The van der Waals surface area contributed by atoms with Crippen molar-refractivity contribution < 1.29 is 19.4 Å². The topological polar surface area (TPSA) is 79.6 Å². The number of carbonyl (C=O) groups is 1. The number of nitrogens with zero attached hydrogens (tertiary/aromatic N) is 1. The molecule has 0 fully saturated rings. The zero-order valence-electron chi connectivity index (χ0n) is 9.21. The summed E-state index contributed by atoms with van der Waals surface area (Å²) in [6, 6.07) is 8.06. The molecule has 0 spiro atoms. The maximum Gasteiger partial charge on any atom is 0.377 e. The van der Waals surface area contributed by atoms with Crippen LogP contribution < -0.4 is 4.74 Å². The van der Waals surface area contributed by atoms with Crippen LogP contribution in [-0.4, -0.2) is 17.7 Å². The van der Waals surface area contributed by atoms with Crippen molar-refractivity contribution in [1.29, 1.82) is 5.26 Å². The van der Waals surface area contributed by atoms with Crippen LogP contribution in [0.25, 0.3) is 0 Å². The van der Waals surface area contributed by atoms with Gasteiger partial charge in [0.1, 0.15) is 12.0 Å². The van der Waals surface area contributed by atoms with E-state index in [9.17, 15) is 4.79 Å². The Hall–Kier alpha value is -2.48. The van der Waals surface area contributed by atoms with Crippen LogP contribution in [0.1, 0.15) is 12.5 Å². The van der Waals surface area contributed by atoms with Crippen molar-refractivity contribution in [3.63, 3.8) is 0 Å². The Balaban J connectivity index is 2.75. The maximum atomic E-state index is 11.3. The van der Waals surface area contributed by atoms with Gasteiger partial charge in [0.25, 0.3) is 0 Å². The average molecular weight is 233 g/mol. The number of hydrogen-bond donors (Lipinski definition) is 1. The molecule has 0 aromatic heterocycles. The van der Waals surface area contributed by atoms with Crippen LogP contribution in [0, 0.1) is 11.3 Å². The Bertz CT molecular complexity index is 456. The van der Waals surface area contributed by atoms with E-state index in [-0.39, 0.29) is 12.4 Å². The van der Waals surface area contributed by atoms with E-state index in [1.165, 1.54) is 24.3 Å². The van der Waals surface area contributed by atoms with Gasteiger partial charge in [-0.2, -0.15) is 5.26 Å². The highest BCUT2D eigenvalue weighted by atomic mass is 16.6. The van der Waals surface area contributed by atoms with Gasteiger partial charge in [0.15, 0.2) is 0 Å². The van der Waals surface area contributed by atoms with Gasteiger partial charge in [0.05, 0.1) is 18.2 Å². The van der Waals surface area contributed by atoms with Gasteiger partial charge in [-0.1, -0.05) is 0 Å². The number of rotatable bonds is 4. The van der Waals surface area contributed by atoms with Crippen LogP contribution in [0.4, 0.5) is 0 Å². The van der Waals surface area contributed by atoms with Crippen LogP contribution in [0.2, 0.25) is 0 Å². The molecule has 88 valence electrons. The average Bonchev–Trinajstić information content (AvgIpc) is 2.37. The first-order valence-electron chi connectivity index (χ1n) is 4.90. The van der Waals surface area contributed by atoms with Crippen molar-refractivity contribution in [2.24, 2.45) is 0 Å². The minimum atomic E-state index is -0.751. The van der Waals surface area contributed by atoms with Gasteiger partial charge in [-0.05, 0) is 31.2 Å². The highest BCUT2D eigenvalue weighted by Gasteiger charge is 2.13. The molecule has 0 amide bonds. The first kappa shape index (κ1) is 12.6. The third kappa shape index (κ3) is 3.54. The standard InChI is InChI=1S/C12H11NO4/c1-2-16-12(15)11(8-14)17-10-5-3-9(7-13)4-6-10/h3-6,8,14H,2H2,1H3/b11-8-. The second-order valence-electron chi connectivity index (χ2n) is 2.95. The van der Waals surface area contributed by atoms with Crippen molar-refractivity contribution in [1.82, 2.24) is 0 Å². The van der Waals surface area contributed by atoms with E-state index in [0.717, 1.165) is 0 Å². The van der Waals surface area contributed by atoms with Gasteiger partial charge in [-0.3, -0.25) is 0 Å². The minimum Gasteiger partial charge on any atom is -0.511 e. The molecule has 0 aliphatic heterocycles. The van der Waals surface area contributed by atoms with E-state index in [4.69, 9.17) is 15.1 Å². The van der Waals surface area contributed by atoms with Gasteiger partial charge >= 0.3 is 5.97 Å². The van der Waals surface area contributed by atoms with Gasteiger partial charge in [0, 0.05) is 0 Å². The summed E-state index contributed by atoms with van der Waals surface area (Å²) in [5.41, 5.74) is 0.475. The Kier molecular flexibility index (Phi) is 4.58. The largest absolute Gasteiger partial charge is 0.511 e. The fraction of sp³-hybridized carbons (Fsp3) is 0.167. The molecule has 0 heterocycles. The molecule has 1 aromatic rings. The molecule has 1 rings (SSSR count). The lowest BCUT2D eigenvalue weighted by Gasteiger charge is -2.07. The van der Waals surface area contributed by atoms with Crippen LogP contribution >= 0.6 is 0 Å². The quantitative estimate of drug-likeness (QED) is 0.488. The lowest BCUT2D eigenvalue weighted by Crippen LogP contribution is -2.12. The van der Waals surface area contributed by atoms with E-state index in [2.05, 4.69) is 4.74 Å². The molecule has 0 saturated heterocycles. The number of nitriles is 1. The third-order valence-corrected chi connectivity index (χ3v) is 1.81. The predicted octanol–water partition coefficient (Wildman–Crippen LogP) is 1.90. The van der Waals surface area contributed by atoms with E-state index < -0.39 is 5.97 Å². The molecule has 0 unspecified atom stereocenters. The zero-order valence-corrected chi connectivity index (χ0v) is 9.21. The Morgan fingerprint density at radius 1 is 1.47 bits per heavy atom. The summed E-state index contributed by atoms with van der Waals surface area (Å²) in [6.45, 7) is 1.83. The smallest absolute Gasteiger partial charge is 0.377 e. The molecule has 1 aromatic carbocycles. The fourth-order valence-corrected chi connectivity index (χ4v) is 1.05. The molecule has 0 saturated carbocycles. The van der Waals surface area contributed by atoms with E-state index in [1.54, 1.807) is 6.92 Å². The lowest BCUT2D eigenvalue weighted by atomic mass is 10.2. The summed E-state index contributed by atoms with van der Waals surface area (Å²) in [6.07, 6.45) is 0.538. The van der Waals surface area contributed by atoms with E-state index >= 15 is 0 Å². The molecule has 0 aliphatic rings. The monoisotopic (exact) mass is 233 g/mol. The van der Waals surface area contributed by atoms with Gasteiger partial charge in [-0.15, -0.1) is 0 Å². The zero-order chi connectivity index (χ0) is 12.7. The summed E-state index contributed by atoms with van der Waals surface area (Å²) in [5.74, 6) is -0.728. The third-order valence-electron chi connectivity index (χ3n) is 1.81. The van der Waals surface area contributed by atoms with Gasteiger partial charge in [-0.25, -0.2) is 4.79 Å². The molecule has 5 nitrogen and oxygen atoms in total. The molecule has 5 heteroatoms. The first-order chi connectivity index (χ1) is 8.21. The summed E-state index contributed by atoms with van der Waals surface area (Å²) in [7, 11) is 0. The highest BCUT2D eigenvalue weighted by Crippen LogP contribution is 2.15. The summed E-state index contributed by atoms with van der Waals surface area (Å²) < 4.78 is 9.77. The van der Waals surface area contributed by atoms with Crippen molar-refractivity contribution in [2.75, 3.05) is 6.61 Å². The minimum absolute atomic E-state index is 0.187. The van der Waals surface area contributed by atoms with E-state index in [1.807, 2.05) is 6.07 Å². The fourth-order valence-electron chi connectivity index (χ4n) is 1.05. The van der Waals surface area contributed by atoms with Crippen LogP contribution in [0.3, 0.4) is 0 Å². The molecule has 0 aliphatic carbocycles. The molecule has 0 bridgehead atoms. The normalized spacial score (nSPS) is 10.5. The molecule has 0 radical (unpaired) electrons. The van der Waals surface area contributed by atoms with Gasteiger partial charge < -0.3 is 14.6 Å². The van der Waals surface area contributed by atoms with Gasteiger partial charge in [0.2, 0.25) is 5.76 Å². The van der Waals surface area contributed by atoms with Crippen molar-refractivity contribution in [3.05, 3.63) is 41.9 Å². The predicted molar refractivity (Wildman–Crippen MR) is 59.1 cm³/mol. The number of ether oxygens (including phenoxy) is 2. The van der Waals surface area contributed by atoms with Crippen molar-refractivity contribution in [3.8, 4) is 11.8 Å². The molecule has 1 N–H and O–H groups in total. The Morgan fingerprint density at radius 3 is 2.59 bits per heavy atom. The summed E-state index contributed by atoms with van der Waals surface area (Å²) >= 11 is 0. The SMILES string of the molecule is CCOC(=O)/C(=C/O)Oc1ccc(C#N)cc1. The molecular formula is C12H11NO4. The lowest BCUT2D eigenvalue weighted by molar-refractivity contribution is -0.141. The van der Waals surface area contributed by atoms with Crippen LogP contribution in [-0.2, 0) is 9.53 Å². The van der Waals surface area contributed by atoms with Crippen molar-refractivity contribution >= 4 is 5.97 Å². The number of hydrogen-bond acceptors (Lipinski definition) is 5.